The monoisotopic (exact) mass is 343 g/mol. The molecule has 0 aliphatic heterocycles. The van der Waals surface area contributed by atoms with Crippen molar-refractivity contribution in [3.63, 3.8) is 0 Å². The van der Waals surface area contributed by atoms with Crippen LogP contribution >= 0.6 is 11.6 Å². The lowest BCUT2D eigenvalue weighted by Gasteiger charge is -2.03. The predicted octanol–water partition coefficient (Wildman–Crippen LogP) is 2.65. The maximum absolute atomic E-state index is 11.6. The fraction of sp³-hybridized carbons (Fsp3) is 0.429. The summed E-state index contributed by atoms with van der Waals surface area (Å²) in [5.74, 6) is 0.923. The highest BCUT2D eigenvalue weighted by atomic mass is 35.5. The molecule has 0 aliphatic rings. The number of unbranched alkanes of at least 4 members (excludes halogenated alkanes) is 1. The molecule has 6 nitrogen and oxygen atoms in total. The molecule has 2 aromatic rings. The molecule has 0 atom stereocenters. The first-order valence-electron chi connectivity index (χ1n) is 7.06. The van der Waals surface area contributed by atoms with Gasteiger partial charge in [0.25, 0.3) is 0 Å². The quantitative estimate of drug-likeness (QED) is 0.796. The molecule has 1 aromatic carbocycles. The highest BCUT2D eigenvalue weighted by molar-refractivity contribution is 7.89. The zero-order valence-corrected chi connectivity index (χ0v) is 13.8. The molecular formula is C14H18ClN3O3S. The number of halogens is 1. The van der Waals surface area contributed by atoms with Crippen molar-refractivity contribution in [1.82, 2.24) is 14.9 Å². The lowest BCUT2D eigenvalue weighted by Crippen LogP contribution is -2.28. The number of nitrogens with one attached hydrogen (secondary N) is 1. The zero-order chi connectivity index (χ0) is 16.0. The Bertz CT molecular complexity index is 698. The van der Waals surface area contributed by atoms with Crippen LogP contribution in [0.3, 0.4) is 0 Å². The Labute approximate surface area is 134 Å². The number of aromatic nitrogens is 2. The largest absolute Gasteiger partial charge is 0.421 e. The minimum absolute atomic E-state index is 0.142. The Morgan fingerprint density at radius 1 is 1.23 bits per heavy atom. The maximum atomic E-state index is 11.6. The zero-order valence-electron chi connectivity index (χ0n) is 12.3. The second-order valence-electron chi connectivity index (χ2n) is 4.82. The first kappa shape index (κ1) is 16.9. The summed E-state index contributed by atoms with van der Waals surface area (Å²) in [7, 11) is -3.22. The van der Waals surface area contributed by atoms with Gasteiger partial charge in [-0.15, -0.1) is 10.2 Å². The van der Waals surface area contributed by atoms with E-state index in [-0.39, 0.29) is 12.3 Å². The van der Waals surface area contributed by atoms with Crippen LogP contribution in [0.15, 0.2) is 28.7 Å². The Kier molecular flexibility index (Phi) is 5.93. The van der Waals surface area contributed by atoms with Gasteiger partial charge in [0.2, 0.25) is 21.8 Å². The second-order valence-corrected chi connectivity index (χ2v) is 7.19. The maximum Gasteiger partial charge on any atom is 0.247 e. The number of nitrogens with zero attached hydrogens (tertiary/aromatic N) is 2. The fourth-order valence-electron chi connectivity index (χ4n) is 1.78. The molecule has 1 heterocycles. The molecule has 22 heavy (non-hydrogen) atoms. The lowest BCUT2D eigenvalue weighted by molar-refractivity contribution is 0.502. The Hall–Kier alpha value is -1.44. The van der Waals surface area contributed by atoms with E-state index in [2.05, 4.69) is 14.9 Å². The SMILES string of the molecule is CCCCS(=O)(=O)NCCc1nnc(-c2ccc(Cl)cc2)o1. The van der Waals surface area contributed by atoms with Gasteiger partial charge in [0.15, 0.2) is 0 Å². The average molecular weight is 344 g/mol. The molecule has 1 N–H and O–H groups in total. The second kappa shape index (κ2) is 7.71. The topological polar surface area (TPSA) is 85.1 Å². The molecule has 0 saturated heterocycles. The van der Waals surface area contributed by atoms with Crippen molar-refractivity contribution in [3.8, 4) is 11.5 Å². The standard InChI is InChI=1S/C14H18ClN3O3S/c1-2-3-10-22(19,20)16-9-8-13-17-18-14(21-13)11-4-6-12(15)7-5-11/h4-7,16H,2-3,8-10H2,1H3. The third kappa shape index (κ3) is 5.08. The highest BCUT2D eigenvalue weighted by Crippen LogP contribution is 2.20. The van der Waals surface area contributed by atoms with E-state index in [1.54, 1.807) is 24.3 Å². The molecule has 120 valence electrons. The molecule has 2 rings (SSSR count). The van der Waals surface area contributed by atoms with Gasteiger partial charge in [0.1, 0.15) is 0 Å². The smallest absolute Gasteiger partial charge is 0.247 e. The van der Waals surface area contributed by atoms with Gasteiger partial charge in [0.05, 0.1) is 5.75 Å². The van der Waals surface area contributed by atoms with Crippen molar-refractivity contribution >= 4 is 21.6 Å². The minimum Gasteiger partial charge on any atom is -0.421 e. The third-order valence-corrected chi connectivity index (χ3v) is 4.71. The Morgan fingerprint density at radius 3 is 2.64 bits per heavy atom. The number of hydrogen-bond acceptors (Lipinski definition) is 5. The van der Waals surface area contributed by atoms with E-state index in [9.17, 15) is 8.42 Å². The molecule has 0 saturated carbocycles. The molecule has 0 bridgehead atoms. The van der Waals surface area contributed by atoms with Gasteiger partial charge >= 0.3 is 0 Å². The van der Waals surface area contributed by atoms with Crippen molar-refractivity contribution < 1.29 is 12.8 Å². The van der Waals surface area contributed by atoms with E-state index in [1.807, 2.05) is 6.92 Å². The van der Waals surface area contributed by atoms with Crippen LogP contribution in [0.4, 0.5) is 0 Å². The van der Waals surface area contributed by atoms with Gasteiger partial charge < -0.3 is 4.42 Å². The minimum atomic E-state index is -3.22. The Morgan fingerprint density at radius 2 is 1.95 bits per heavy atom. The molecule has 0 radical (unpaired) electrons. The summed E-state index contributed by atoms with van der Waals surface area (Å²) in [5, 5.41) is 8.49. The summed E-state index contributed by atoms with van der Waals surface area (Å²) in [4.78, 5) is 0. The van der Waals surface area contributed by atoms with Gasteiger partial charge in [-0.1, -0.05) is 24.9 Å². The van der Waals surface area contributed by atoms with Crippen molar-refractivity contribution in [3.05, 3.63) is 35.2 Å². The van der Waals surface area contributed by atoms with Gasteiger partial charge in [0, 0.05) is 23.6 Å². The molecule has 0 aliphatic carbocycles. The van der Waals surface area contributed by atoms with E-state index in [0.717, 1.165) is 12.0 Å². The van der Waals surface area contributed by atoms with E-state index in [4.69, 9.17) is 16.0 Å². The molecule has 0 unspecified atom stereocenters. The summed E-state index contributed by atoms with van der Waals surface area (Å²) >= 11 is 5.82. The van der Waals surface area contributed by atoms with Crippen LogP contribution in [-0.2, 0) is 16.4 Å². The average Bonchev–Trinajstić information content (AvgIpc) is 2.94. The first-order chi connectivity index (χ1) is 10.5. The predicted molar refractivity (Wildman–Crippen MR) is 85.1 cm³/mol. The van der Waals surface area contributed by atoms with Gasteiger partial charge in [-0.3, -0.25) is 0 Å². The normalized spacial score (nSPS) is 11.7. The van der Waals surface area contributed by atoms with E-state index in [1.165, 1.54) is 0 Å². The summed E-state index contributed by atoms with van der Waals surface area (Å²) in [5.41, 5.74) is 0.770. The van der Waals surface area contributed by atoms with E-state index in [0.29, 0.717) is 29.6 Å². The van der Waals surface area contributed by atoms with Gasteiger partial charge in [-0.25, -0.2) is 13.1 Å². The lowest BCUT2D eigenvalue weighted by atomic mass is 10.2. The molecule has 0 fully saturated rings. The van der Waals surface area contributed by atoms with Crippen LogP contribution < -0.4 is 4.72 Å². The summed E-state index contributed by atoms with van der Waals surface area (Å²) < 4.78 is 31.3. The number of benzene rings is 1. The summed E-state index contributed by atoms with van der Waals surface area (Å²) in [6.45, 7) is 2.19. The molecule has 0 spiro atoms. The third-order valence-electron chi connectivity index (χ3n) is 2.99. The van der Waals surface area contributed by atoms with Crippen LogP contribution in [0.5, 0.6) is 0 Å². The van der Waals surface area contributed by atoms with Crippen molar-refractivity contribution in [2.75, 3.05) is 12.3 Å². The van der Waals surface area contributed by atoms with Crippen molar-refractivity contribution in [2.45, 2.75) is 26.2 Å². The number of sulfonamides is 1. The Balaban J connectivity index is 1.89. The highest BCUT2D eigenvalue weighted by Gasteiger charge is 2.11. The van der Waals surface area contributed by atoms with Crippen LogP contribution in [0, 0.1) is 0 Å². The van der Waals surface area contributed by atoms with Crippen molar-refractivity contribution in [2.24, 2.45) is 0 Å². The van der Waals surface area contributed by atoms with Crippen LogP contribution in [-0.4, -0.2) is 30.9 Å². The summed E-state index contributed by atoms with van der Waals surface area (Å²) in [6.07, 6.45) is 1.84. The first-order valence-corrected chi connectivity index (χ1v) is 9.09. The van der Waals surface area contributed by atoms with Gasteiger partial charge in [-0.2, -0.15) is 0 Å². The van der Waals surface area contributed by atoms with Crippen LogP contribution in [0.2, 0.25) is 5.02 Å². The number of rotatable bonds is 8. The molecule has 1 aromatic heterocycles. The van der Waals surface area contributed by atoms with E-state index >= 15 is 0 Å². The van der Waals surface area contributed by atoms with Gasteiger partial charge in [-0.05, 0) is 30.7 Å². The van der Waals surface area contributed by atoms with Crippen LogP contribution in [0.1, 0.15) is 25.7 Å². The molecular weight excluding hydrogens is 326 g/mol. The van der Waals surface area contributed by atoms with Crippen LogP contribution in [0.25, 0.3) is 11.5 Å². The summed E-state index contributed by atoms with van der Waals surface area (Å²) in [6, 6.07) is 7.05. The van der Waals surface area contributed by atoms with E-state index < -0.39 is 10.0 Å². The van der Waals surface area contributed by atoms with Crippen molar-refractivity contribution in [1.29, 1.82) is 0 Å². The fourth-order valence-corrected chi connectivity index (χ4v) is 3.14. The number of hydrogen-bond donors (Lipinski definition) is 1. The molecule has 8 heteroatoms. The molecule has 0 amide bonds.